The van der Waals surface area contributed by atoms with Crippen LogP contribution in [0, 0.1) is 5.92 Å². The van der Waals surface area contributed by atoms with Gasteiger partial charge in [0.05, 0.1) is 18.1 Å². The summed E-state index contributed by atoms with van der Waals surface area (Å²) >= 11 is 0. The average Bonchev–Trinajstić information content (AvgIpc) is 2.77. The van der Waals surface area contributed by atoms with Crippen LogP contribution < -0.4 is 10.1 Å². The van der Waals surface area contributed by atoms with E-state index < -0.39 is 12.6 Å². The van der Waals surface area contributed by atoms with Gasteiger partial charge in [-0.25, -0.2) is 0 Å². The van der Waals surface area contributed by atoms with Crippen LogP contribution in [0.15, 0.2) is 18.2 Å². The predicted octanol–water partition coefficient (Wildman–Crippen LogP) is 3.03. The Balaban J connectivity index is 2.37. The van der Waals surface area contributed by atoms with Gasteiger partial charge in [0, 0.05) is 52.6 Å². The molecule has 0 radical (unpaired) electrons. The van der Waals surface area contributed by atoms with Gasteiger partial charge in [0.25, 0.3) is 5.91 Å². The molecule has 0 unspecified atom stereocenters. The number of benzene rings is 1. The molecular weight excluding hydrogens is 455 g/mol. The number of anilines is 1. The Hall–Kier alpha value is -2.37. The lowest BCUT2D eigenvalue weighted by molar-refractivity contribution is -0.140. The third-order valence-corrected chi connectivity index (χ3v) is 5.82. The maximum atomic E-state index is 13.3. The third-order valence-electron chi connectivity index (χ3n) is 5.82. The second-order valence-corrected chi connectivity index (χ2v) is 8.65. The van der Waals surface area contributed by atoms with Crippen LogP contribution in [-0.2, 0) is 14.3 Å². The highest BCUT2D eigenvalue weighted by molar-refractivity contribution is 5.99. The summed E-state index contributed by atoms with van der Waals surface area (Å²) in [5, 5.41) is 2.66. The smallest absolute Gasteiger partial charge is 0.390 e. The summed E-state index contributed by atoms with van der Waals surface area (Å²) in [5.41, 5.74) is 0.629. The summed E-state index contributed by atoms with van der Waals surface area (Å²) in [6.07, 6.45) is -5.58. The first kappa shape index (κ1) is 27.9. The molecule has 0 aliphatic carbocycles. The highest BCUT2D eigenvalue weighted by Gasteiger charge is 2.32. The largest absolute Gasteiger partial charge is 0.491 e. The Morgan fingerprint density at radius 2 is 1.94 bits per heavy atom. The second-order valence-electron chi connectivity index (χ2n) is 8.65. The minimum Gasteiger partial charge on any atom is -0.491 e. The Kier molecular flexibility index (Phi) is 10.1. The Labute approximate surface area is 198 Å². The van der Waals surface area contributed by atoms with Crippen LogP contribution in [0.2, 0.25) is 0 Å². The van der Waals surface area contributed by atoms with E-state index in [1.807, 2.05) is 6.92 Å². The standard InChI is InChI=1S/C23H34F3N3O5/c1-15-11-29(9-8-23(24,25)26)16(2)13-34-19-7-6-17(27-21(30)14-32-4)10-18(19)22(31)28(3)12-20(15)33-5/h6-7,10,15-16,20H,8-9,11-14H2,1-5H3,(H,27,30)/t15-,16+,20+/m1/s1. The number of alkyl halides is 3. The first-order chi connectivity index (χ1) is 15.9. The summed E-state index contributed by atoms with van der Waals surface area (Å²) < 4.78 is 55.1. The Morgan fingerprint density at radius 1 is 1.24 bits per heavy atom. The number of hydrogen-bond donors (Lipinski definition) is 1. The molecule has 8 nitrogen and oxygen atoms in total. The van der Waals surface area contributed by atoms with Gasteiger partial charge in [-0.2, -0.15) is 13.2 Å². The molecule has 1 aliphatic heterocycles. The minimum absolute atomic E-state index is 0.0849. The molecule has 1 aromatic rings. The number of carbonyl (C=O) groups is 2. The van der Waals surface area contributed by atoms with Crippen molar-refractivity contribution in [3.8, 4) is 5.75 Å². The normalized spacial score (nSPS) is 22.9. The SMILES string of the molecule is COCC(=O)Nc1ccc2c(c1)C(=O)N(C)C[C@H](OC)[C@H](C)CN(CCC(F)(F)F)[C@@H](C)CO2. The molecule has 3 atom stereocenters. The fraction of sp³-hybridized carbons (Fsp3) is 0.652. The number of rotatable bonds is 6. The van der Waals surface area contributed by atoms with Gasteiger partial charge in [-0.1, -0.05) is 6.92 Å². The number of amides is 2. The van der Waals surface area contributed by atoms with Gasteiger partial charge in [-0.05, 0) is 31.0 Å². The molecule has 2 amide bonds. The molecule has 0 saturated carbocycles. The number of hydrogen-bond acceptors (Lipinski definition) is 6. The zero-order chi connectivity index (χ0) is 25.5. The molecule has 1 aromatic carbocycles. The van der Waals surface area contributed by atoms with E-state index in [4.69, 9.17) is 14.2 Å². The van der Waals surface area contributed by atoms with Crippen LogP contribution in [0.1, 0.15) is 30.6 Å². The summed E-state index contributed by atoms with van der Waals surface area (Å²) in [6, 6.07) is 4.34. The zero-order valence-electron chi connectivity index (χ0n) is 20.3. The van der Waals surface area contributed by atoms with Crippen molar-refractivity contribution >= 4 is 17.5 Å². The molecule has 1 aliphatic rings. The Morgan fingerprint density at radius 3 is 2.56 bits per heavy atom. The molecular formula is C23H34F3N3O5. The fourth-order valence-electron chi connectivity index (χ4n) is 3.84. The van der Waals surface area contributed by atoms with Gasteiger partial charge < -0.3 is 24.4 Å². The van der Waals surface area contributed by atoms with Crippen LogP contribution in [0.25, 0.3) is 0 Å². The lowest BCUT2D eigenvalue weighted by Crippen LogP contribution is -2.47. The fourth-order valence-corrected chi connectivity index (χ4v) is 3.84. The zero-order valence-corrected chi connectivity index (χ0v) is 20.3. The van der Waals surface area contributed by atoms with E-state index in [0.717, 1.165) is 0 Å². The van der Waals surface area contributed by atoms with Crippen LogP contribution in [0.4, 0.5) is 18.9 Å². The molecule has 0 bridgehead atoms. The van der Waals surface area contributed by atoms with Crippen molar-refractivity contribution < 1.29 is 37.0 Å². The first-order valence-electron chi connectivity index (χ1n) is 11.1. The number of nitrogens with zero attached hydrogens (tertiary/aromatic N) is 2. The van der Waals surface area contributed by atoms with Gasteiger partial charge in [0.1, 0.15) is 19.0 Å². The van der Waals surface area contributed by atoms with E-state index in [2.05, 4.69) is 5.32 Å². The second kappa shape index (κ2) is 12.4. The molecule has 34 heavy (non-hydrogen) atoms. The van der Waals surface area contributed by atoms with Gasteiger partial charge in [0.15, 0.2) is 0 Å². The van der Waals surface area contributed by atoms with E-state index in [-0.39, 0.29) is 67.5 Å². The van der Waals surface area contributed by atoms with Crippen molar-refractivity contribution in [1.82, 2.24) is 9.80 Å². The predicted molar refractivity (Wildman–Crippen MR) is 121 cm³/mol. The number of nitrogens with one attached hydrogen (secondary N) is 1. The molecule has 192 valence electrons. The molecule has 0 fully saturated rings. The maximum Gasteiger partial charge on any atom is 0.390 e. The molecule has 0 spiro atoms. The van der Waals surface area contributed by atoms with Crippen molar-refractivity contribution in [3.05, 3.63) is 23.8 Å². The molecule has 0 aromatic heterocycles. The molecule has 2 rings (SSSR count). The van der Waals surface area contributed by atoms with Crippen molar-refractivity contribution in [3.63, 3.8) is 0 Å². The molecule has 1 N–H and O–H groups in total. The van der Waals surface area contributed by atoms with Gasteiger partial charge >= 0.3 is 6.18 Å². The average molecular weight is 490 g/mol. The van der Waals surface area contributed by atoms with E-state index in [1.54, 1.807) is 31.0 Å². The highest BCUT2D eigenvalue weighted by Crippen LogP contribution is 2.27. The lowest BCUT2D eigenvalue weighted by Gasteiger charge is -2.36. The van der Waals surface area contributed by atoms with Crippen molar-refractivity contribution in [1.29, 1.82) is 0 Å². The van der Waals surface area contributed by atoms with Crippen molar-refractivity contribution in [2.75, 3.05) is 59.4 Å². The van der Waals surface area contributed by atoms with E-state index >= 15 is 0 Å². The maximum absolute atomic E-state index is 13.3. The summed E-state index contributed by atoms with van der Waals surface area (Å²) in [7, 11) is 4.54. The van der Waals surface area contributed by atoms with Crippen molar-refractivity contribution in [2.45, 2.75) is 38.6 Å². The van der Waals surface area contributed by atoms with Gasteiger partial charge in [-0.3, -0.25) is 14.5 Å². The third kappa shape index (κ3) is 8.14. The van der Waals surface area contributed by atoms with Crippen LogP contribution >= 0.6 is 0 Å². The Bertz CT molecular complexity index is 837. The van der Waals surface area contributed by atoms with Crippen molar-refractivity contribution in [2.24, 2.45) is 5.92 Å². The lowest BCUT2D eigenvalue weighted by atomic mass is 10.0. The number of methoxy groups -OCH3 is 2. The number of halogens is 3. The van der Waals surface area contributed by atoms with Crippen LogP contribution in [0.3, 0.4) is 0 Å². The van der Waals surface area contributed by atoms with Crippen LogP contribution in [0.5, 0.6) is 5.75 Å². The molecule has 1 heterocycles. The van der Waals surface area contributed by atoms with E-state index in [0.29, 0.717) is 12.2 Å². The first-order valence-corrected chi connectivity index (χ1v) is 11.1. The highest BCUT2D eigenvalue weighted by atomic mass is 19.4. The summed E-state index contributed by atoms with van der Waals surface area (Å²) in [5.74, 6) is -0.560. The summed E-state index contributed by atoms with van der Waals surface area (Å²) in [6.45, 7) is 4.06. The topological polar surface area (TPSA) is 80.3 Å². The van der Waals surface area contributed by atoms with E-state index in [9.17, 15) is 22.8 Å². The quantitative estimate of drug-likeness (QED) is 0.662. The molecule has 11 heteroatoms. The van der Waals surface area contributed by atoms with E-state index in [1.165, 1.54) is 25.2 Å². The summed E-state index contributed by atoms with van der Waals surface area (Å²) in [4.78, 5) is 28.4. The molecule has 0 saturated heterocycles. The number of ether oxygens (including phenoxy) is 3. The van der Waals surface area contributed by atoms with Gasteiger partial charge in [0.2, 0.25) is 5.91 Å². The number of likely N-dealkylation sites (N-methyl/N-ethyl adjacent to an activating group) is 1. The number of carbonyl (C=O) groups excluding carboxylic acids is 2. The number of fused-ring (bicyclic) bond motifs is 1. The monoisotopic (exact) mass is 489 g/mol. The minimum atomic E-state index is -4.27. The van der Waals surface area contributed by atoms with Gasteiger partial charge in [-0.15, -0.1) is 0 Å². The van der Waals surface area contributed by atoms with Crippen LogP contribution in [-0.4, -0.2) is 94.1 Å².